The van der Waals surface area contributed by atoms with Crippen molar-refractivity contribution >= 4 is 5.91 Å². The molecule has 1 amide bonds. The molecule has 19 heavy (non-hydrogen) atoms. The van der Waals surface area contributed by atoms with Gasteiger partial charge in [-0.2, -0.15) is 0 Å². The Bertz CT molecular complexity index is 324. The summed E-state index contributed by atoms with van der Waals surface area (Å²) >= 11 is 0. The minimum atomic E-state index is -0.0422. The van der Waals surface area contributed by atoms with Gasteiger partial charge in [-0.05, 0) is 49.5 Å². The molecule has 0 aromatic rings. The van der Waals surface area contributed by atoms with E-state index in [4.69, 9.17) is 4.74 Å². The zero-order valence-corrected chi connectivity index (χ0v) is 12.6. The number of nitrogens with one attached hydrogen (secondary N) is 2. The first kappa shape index (κ1) is 14.8. The van der Waals surface area contributed by atoms with E-state index in [9.17, 15) is 4.79 Å². The Labute approximate surface area is 116 Å². The number of methoxy groups -OCH3 is 1. The average molecular weight is 268 g/mol. The van der Waals surface area contributed by atoms with E-state index in [1.165, 1.54) is 12.8 Å². The number of carbonyl (C=O) groups excluding carboxylic acids is 1. The topological polar surface area (TPSA) is 50.4 Å². The minimum absolute atomic E-state index is 0.0422. The van der Waals surface area contributed by atoms with E-state index in [1.807, 2.05) is 0 Å². The number of piperidine rings is 1. The third-order valence-corrected chi connectivity index (χ3v) is 4.82. The fourth-order valence-corrected chi connectivity index (χ4v) is 3.05. The predicted octanol–water partition coefficient (Wildman–Crippen LogP) is 1.70. The molecule has 0 bridgehead atoms. The lowest BCUT2D eigenvalue weighted by molar-refractivity contribution is -0.127. The van der Waals surface area contributed by atoms with Gasteiger partial charge >= 0.3 is 0 Å². The molecule has 4 nitrogen and oxygen atoms in total. The lowest BCUT2D eigenvalue weighted by Gasteiger charge is -2.38. The summed E-state index contributed by atoms with van der Waals surface area (Å²) in [6.07, 6.45) is 5.78. The fraction of sp³-hybridized carbons (Fsp3) is 0.933. The van der Waals surface area contributed by atoms with Gasteiger partial charge in [0, 0.05) is 20.3 Å². The average Bonchev–Trinajstić information content (AvgIpc) is 3.14. The summed E-state index contributed by atoms with van der Waals surface area (Å²) < 4.78 is 5.15. The van der Waals surface area contributed by atoms with Gasteiger partial charge in [0.15, 0.2) is 0 Å². The van der Waals surface area contributed by atoms with Crippen molar-refractivity contribution in [2.45, 2.75) is 52.0 Å². The van der Waals surface area contributed by atoms with Crippen molar-refractivity contribution in [2.75, 3.05) is 26.8 Å². The van der Waals surface area contributed by atoms with Crippen LogP contribution in [0, 0.1) is 10.8 Å². The van der Waals surface area contributed by atoms with Crippen LogP contribution < -0.4 is 10.6 Å². The molecule has 2 N–H and O–H groups in total. The van der Waals surface area contributed by atoms with E-state index >= 15 is 0 Å². The Morgan fingerprint density at radius 2 is 2.11 bits per heavy atom. The number of hydrogen-bond donors (Lipinski definition) is 2. The van der Waals surface area contributed by atoms with Gasteiger partial charge in [-0.1, -0.05) is 13.8 Å². The highest BCUT2D eigenvalue weighted by Gasteiger charge is 2.43. The van der Waals surface area contributed by atoms with Crippen molar-refractivity contribution in [3.05, 3.63) is 0 Å². The van der Waals surface area contributed by atoms with Crippen molar-refractivity contribution in [3.63, 3.8) is 0 Å². The van der Waals surface area contributed by atoms with E-state index in [2.05, 4.69) is 24.5 Å². The molecular formula is C15H28N2O2. The molecule has 0 aromatic carbocycles. The quantitative estimate of drug-likeness (QED) is 0.771. The van der Waals surface area contributed by atoms with Gasteiger partial charge in [-0.3, -0.25) is 4.79 Å². The Morgan fingerprint density at radius 3 is 2.68 bits per heavy atom. The smallest absolute Gasteiger partial charge is 0.237 e. The standard InChI is InChI=1S/C15H28N2O2/c1-14(2)5-4-9-16-12(14)13(18)17-11-15(6-7-15)8-10-19-3/h12,16H,4-11H2,1-3H3,(H,17,18). The van der Waals surface area contributed by atoms with Crippen LogP contribution in [-0.4, -0.2) is 38.8 Å². The lowest BCUT2D eigenvalue weighted by Crippen LogP contribution is -2.56. The van der Waals surface area contributed by atoms with Gasteiger partial charge in [-0.25, -0.2) is 0 Å². The van der Waals surface area contributed by atoms with Crippen LogP contribution in [0.25, 0.3) is 0 Å². The Hall–Kier alpha value is -0.610. The SMILES string of the molecule is COCCC1(CNC(=O)C2NCCCC2(C)C)CC1. The number of ether oxygens (including phenoxy) is 1. The first-order valence-corrected chi connectivity index (χ1v) is 7.49. The van der Waals surface area contributed by atoms with Crippen molar-refractivity contribution in [1.82, 2.24) is 10.6 Å². The molecule has 0 radical (unpaired) electrons. The number of hydrogen-bond acceptors (Lipinski definition) is 3. The highest BCUT2D eigenvalue weighted by atomic mass is 16.5. The first-order chi connectivity index (χ1) is 8.99. The number of carbonyl (C=O) groups is 1. The lowest BCUT2D eigenvalue weighted by atomic mass is 9.77. The van der Waals surface area contributed by atoms with Gasteiger partial charge in [0.25, 0.3) is 0 Å². The van der Waals surface area contributed by atoms with Crippen LogP contribution in [0.3, 0.4) is 0 Å². The van der Waals surface area contributed by atoms with Gasteiger partial charge in [0.05, 0.1) is 6.04 Å². The zero-order valence-electron chi connectivity index (χ0n) is 12.6. The highest BCUT2D eigenvalue weighted by molar-refractivity contribution is 5.82. The molecule has 1 atom stereocenters. The third-order valence-electron chi connectivity index (χ3n) is 4.82. The second-order valence-corrected chi connectivity index (χ2v) is 6.94. The van der Waals surface area contributed by atoms with Crippen LogP contribution in [0.1, 0.15) is 46.0 Å². The van der Waals surface area contributed by atoms with E-state index in [1.54, 1.807) is 7.11 Å². The van der Waals surface area contributed by atoms with Crippen LogP contribution in [0.4, 0.5) is 0 Å². The number of rotatable bonds is 6. The van der Waals surface area contributed by atoms with Crippen LogP contribution >= 0.6 is 0 Å². The molecule has 1 aliphatic heterocycles. The van der Waals surface area contributed by atoms with Crippen LogP contribution in [0.2, 0.25) is 0 Å². The summed E-state index contributed by atoms with van der Waals surface area (Å²) in [6, 6.07) is -0.0422. The zero-order chi connectivity index (χ0) is 13.9. The van der Waals surface area contributed by atoms with Gasteiger partial charge in [-0.15, -0.1) is 0 Å². The summed E-state index contributed by atoms with van der Waals surface area (Å²) in [5.41, 5.74) is 0.385. The summed E-state index contributed by atoms with van der Waals surface area (Å²) in [5.74, 6) is 0.174. The van der Waals surface area contributed by atoms with E-state index < -0.39 is 0 Å². The van der Waals surface area contributed by atoms with Gasteiger partial charge in [0.1, 0.15) is 0 Å². The maximum atomic E-state index is 12.4. The largest absolute Gasteiger partial charge is 0.385 e. The molecule has 2 aliphatic rings. The maximum absolute atomic E-state index is 12.4. The summed E-state index contributed by atoms with van der Waals surface area (Å²) in [7, 11) is 1.74. The second-order valence-electron chi connectivity index (χ2n) is 6.94. The monoisotopic (exact) mass is 268 g/mol. The van der Waals surface area contributed by atoms with Gasteiger partial charge in [0.2, 0.25) is 5.91 Å². The molecule has 1 heterocycles. The van der Waals surface area contributed by atoms with Crippen LogP contribution in [0.5, 0.6) is 0 Å². The van der Waals surface area contributed by atoms with E-state index in [0.717, 1.165) is 39.0 Å². The molecular weight excluding hydrogens is 240 g/mol. The maximum Gasteiger partial charge on any atom is 0.237 e. The minimum Gasteiger partial charge on any atom is -0.385 e. The molecule has 0 spiro atoms. The van der Waals surface area contributed by atoms with Crippen molar-refractivity contribution in [3.8, 4) is 0 Å². The molecule has 110 valence electrons. The normalized spacial score (nSPS) is 27.8. The Kier molecular flexibility index (Phi) is 4.51. The number of amides is 1. The molecule has 2 rings (SSSR count). The van der Waals surface area contributed by atoms with Crippen molar-refractivity contribution < 1.29 is 9.53 Å². The second kappa shape index (κ2) is 5.80. The molecule has 1 aliphatic carbocycles. The summed E-state index contributed by atoms with van der Waals surface area (Å²) in [5, 5.41) is 6.53. The Balaban J connectivity index is 1.81. The van der Waals surface area contributed by atoms with Crippen LogP contribution in [-0.2, 0) is 9.53 Å². The molecule has 4 heteroatoms. The van der Waals surface area contributed by atoms with E-state index in [0.29, 0.717) is 5.41 Å². The highest BCUT2D eigenvalue weighted by Crippen LogP contribution is 2.48. The Morgan fingerprint density at radius 1 is 1.37 bits per heavy atom. The van der Waals surface area contributed by atoms with Gasteiger partial charge < -0.3 is 15.4 Å². The summed E-state index contributed by atoms with van der Waals surface area (Å²) in [6.45, 7) is 6.92. The van der Waals surface area contributed by atoms with Crippen molar-refractivity contribution in [1.29, 1.82) is 0 Å². The summed E-state index contributed by atoms with van der Waals surface area (Å²) in [4.78, 5) is 12.4. The van der Waals surface area contributed by atoms with E-state index in [-0.39, 0.29) is 17.4 Å². The van der Waals surface area contributed by atoms with Crippen LogP contribution in [0.15, 0.2) is 0 Å². The molecule has 0 aromatic heterocycles. The first-order valence-electron chi connectivity index (χ1n) is 7.49. The predicted molar refractivity (Wildman–Crippen MR) is 76.0 cm³/mol. The molecule has 1 saturated carbocycles. The molecule has 1 saturated heterocycles. The molecule has 1 unspecified atom stereocenters. The third kappa shape index (κ3) is 3.69. The molecule has 2 fully saturated rings. The fourth-order valence-electron chi connectivity index (χ4n) is 3.05. The van der Waals surface area contributed by atoms with Crippen molar-refractivity contribution in [2.24, 2.45) is 10.8 Å².